The molecule has 0 bridgehead atoms. The predicted molar refractivity (Wildman–Crippen MR) is 97.4 cm³/mol. The van der Waals surface area contributed by atoms with E-state index in [1.54, 1.807) is 32.1 Å². The minimum absolute atomic E-state index is 0.0450. The third-order valence-corrected chi connectivity index (χ3v) is 4.73. The molecule has 3 aromatic heterocycles. The Hall–Kier alpha value is -3.03. The molecule has 3 heterocycles. The van der Waals surface area contributed by atoms with Crippen LogP contribution in [-0.2, 0) is 18.9 Å². The van der Waals surface area contributed by atoms with Crippen molar-refractivity contribution in [2.45, 2.75) is 12.8 Å². The number of pyridine rings is 1. The maximum absolute atomic E-state index is 12.0. The first-order chi connectivity index (χ1) is 12.5. The molecular formula is C18H21N5O3. The third-order valence-electron chi connectivity index (χ3n) is 4.73. The molecule has 0 radical (unpaired) electrons. The lowest BCUT2D eigenvalue weighted by atomic mass is 10.2. The normalized spacial score (nSPS) is 13.8. The van der Waals surface area contributed by atoms with Gasteiger partial charge in [0.2, 0.25) is 17.7 Å². The highest BCUT2D eigenvalue weighted by atomic mass is 16.5. The number of hydrogen-bond donors (Lipinski definition) is 1. The molecule has 1 fully saturated rings. The number of aryl methyl sites for hydroxylation is 2. The molecule has 0 aromatic carbocycles. The number of ether oxygens (including phenoxy) is 2. The number of nitrogens with one attached hydrogen (secondary N) is 1. The molecule has 1 N–H and O–H groups in total. The van der Waals surface area contributed by atoms with Crippen molar-refractivity contribution in [2.24, 2.45) is 20.0 Å². The molecule has 8 heteroatoms. The van der Waals surface area contributed by atoms with Gasteiger partial charge >= 0.3 is 0 Å². The standard InChI is InChI=1S/C18H21N5O3/c1-22-12(15-17(25-3)21-23(2)18(15)26-4)7-11-8-14(19-9-13(11)22)20-16(24)10-5-6-10/h7-10H,5-6H2,1-4H3,(H,19,20,24). The van der Waals surface area contributed by atoms with Gasteiger partial charge in [-0.2, -0.15) is 0 Å². The highest BCUT2D eigenvalue weighted by Crippen LogP contribution is 2.40. The summed E-state index contributed by atoms with van der Waals surface area (Å²) < 4.78 is 14.6. The second-order valence-corrected chi connectivity index (χ2v) is 6.50. The van der Waals surface area contributed by atoms with E-state index in [4.69, 9.17) is 9.47 Å². The zero-order valence-corrected chi connectivity index (χ0v) is 15.2. The highest BCUT2D eigenvalue weighted by Gasteiger charge is 2.30. The molecule has 0 atom stereocenters. The lowest BCUT2D eigenvalue weighted by Crippen LogP contribution is -2.14. The van der Waals surface area contributed by atoms with Crippen molar-refractivity contribution in [1.29, 1.82) is 0 Å². The van der Waals surface area contributed by atoms with Gasteiger partial charge in [-0.15, -0.1) is 5.10 Å². The van der Waals surface area contributed by atoms with E-state index in [0.29, 0.717) is 17.6 Å². The van der Waals surface area contributed by atoms with Crippen LogP contribution in [0.4, 0.5) is 5.82 Å². The first-order valence-corrected chi connectivity index (χ1v) is 8.45. The minimum atomic E-state index is 0.0450. The molecule has 1 saturated carbocycles. The van der Waals surface area contributed by atoms with E-state index >= 15 is 0 Å². The summed E-state index contributed by atoms with van der Waals surface area (Å²) in [7, 11) is 6.95. The van der Waals surface area contributed by atoms with Gasteiger partial charge < -0.3 is 19.4 Å². The number of carbonyl (C=O) groups is 1. The van der Waals surface area contributed by atoms with Gasteiger partial charge in [0.25, 0.3) is 0 Å². The summed E-state index contributed by atoms with van der Waals surface area (Å²) in [6.07, 6.45) is 3.69. The van der Waals surface area contributed by atoms with Gasteiger partial charge in [0.15, 0.2) is 0 Å². The van der Waals surface area contributed by atoms with Crippen molar-refractivity contribution >= 4 is 22.6 Å². The Labute approximate surface area is 150 Å². The molecule has 0 saturated heterocycles. The fourth-order valence-corrected chi connectivity index (χ4v) is 3.20. The summed E-state index contributed by atoms with van der Waals surface area (Å²) in [5.41, 5.74) is 2.62. The van der Waals surface area contributed by atoms with Gasteiger partial charge in [-0.25, -0.2) is 9.67 Å². The zero-order chi connectivity index (χ0) is 18.4. The summed E-state index contributed by atoms with van der Waals surface area (Å²) in [5, 5.41) is 8.21. The van der Waals surface area contributed by atoms with Gasteiger partial charge in [-0.3, -0.25) is 4.79 Å². The minimum Gasteiger partial charge on any atom is -0.481 e. The molecule has 136 valence electrons. The summed E-state index contributed by atoms with van der Waals surface area (Å²) >= 11 is 0. The number of anilines is 1. The fraction of sp³-hybridized carbons (Fsp3) is 0.389. The van der Waals surface area contributed by atoms with Crippen LogP contribution in [0.5, 0.6) is 11.8 Å². The smallest absolute Gasteiger partial charge is 0.246 e. The maximum Gasteiger partial charge on any atom is 0.246 e. The van der Waals surface area contributed by atoms with Gasteiger partial charge in [0.05, 0.1) is 31.6 Å². The van der Waals surface area contributed by atoms with Crippen LogP contribution >= 0.6 is 0 Å². The summed E-state index contributed by atoms with van der Waals surface area (Å²) in [4.78, 5) is 16.4. The van der Waals surface area contributed by atoms with Crippen LogP contribution < -0.4 is 14.8 Å². The van der Waals surface area contributed by atoms with Crippen molar-refractivity contribution < 1.29 is 14.3 Å². The van der Waals surface area contributed by atoms with E-state index in [1.807, 2.05) is 23.7 Å². The number of fused-ring (bicyclic) bond motifs is 1. The monoisotopic (exact) mass is 355 g/mol. The number of nitrogens with zero attached hydrogens (tertiary/aromatic N) is 4. The van der Waals surface area contributed by atoms with Crippen molar-refractivity contribution in [3.05, 3.63) is 18.3 Å². The maximum atomic E-state index is 12.0. The molecule has 0 spiro atoms. The van der Waals surface area contributed by atoms with Crippen LogP contribution in [0.15, 0.2) is 18.3 Å². The Morgan fingerprint density at radius 3 is 2.65 bits per heavy atom. The average Bonchev–Trinajstić information content (AvgIpc) is 3.37. The van der Waals surface area contributed by atoms with Gasteiger partial charge in [0.1, 0.15) is 11.4 Å². The van der Waals surface area contributed by atoms with E-state index in [0.717, 1.165) is 35.0 Å². The zero-order valence-electron chi connectivity index (χ0n) is 15.2. The number of aromatic nitrogens is 4. The molecule has 3 aromatic rings. The van der Waals surface area contributed by atoms with Crippen molar-refractivity contribution in [3.63, 3.8) is 0 Å². The molecule has 1 aliphatic carbocycles. The summed E-state index contributed by atoms with van der Waals surface area (Å²) in [6.45, 7) is 0. The Bertz CT molecular complexity index is 1000. The average molecular weight is 355 g/mol. The van der Waals surface area contributed by atoms with E-state index in [9.17, 15) is 4.79 Å². The third kappa shape index (κ3) is 2.58. The van der Waals surface area contributed by atoms with E-state index in [2.05, 4.69) is 15.4 Å². The van der Waals surface area contributed by atoms with Crippen molar-refractivity contribution in [1.82, 2.24) is 19.3 Å². The van der Waals surface area contributed by atoms with Crippen LogP contribution in [0, 0.1) is 5.92 Å². The molecule has 26 heavy (non-hydrogen) atoms. The topological polar surface area (TPSA) is 83.2 Å². The lowest BCUT2D eigenvalue weighted by Gasteiger charge is -2.07. The number of carbonyl (C=O) groups excluding carboxylic acids is 1. The summed E-state index contributed by atoms with van der Waals surface area (Å²) in [5.74, 6) is 1.86. The van der Waals surface area contributed by atoms with Gasteiger partial charge in [-0.05, 0) is 25.0 Å². The first kappa shape index (κ1) is 16.4. The van der Waals surface area contributed by atoms with Crippen LogP contribution in [0.3, 0.4) is 0 Å². The number of rotatable bonds is 5. The highest BCUT2D eigenvalue weighted by molar-refractivity contribution is 5.96. The molecule has 8 nitrogen and oxygen atoms in total. The van der Waals surface area contributed by atoms with Crippen LogP contribution in [-0.4, -0.2) is 39.5 Å². The van der Waals surface area contributed by atoms with Crippen molar-refractivity contribution in [2.75, 3.05) is 19.5 Å². The Morgan fingerprint density at radius 2 is 2.00 bits per heavy atom. The number of hydrogen-bond acceptors (Lipinski definition) is 5. The van der Waals surface area contributed by atoms with Crippen LogP contribution in [0.2, 0.25) is 0 Å². The van der Waals surface area contributed by atoms with E-state index in [-0.39, 0.29) is 11.8 Å². The fourth-order valence-electron chi connectivity index (χ4n) is 3.20. The summed E-state index contributed by atoms with van der Waals surface area (Å²) in [6, 6.07) is 3.90. The molecule has 4 rings (SSSR count). The van der Waals surface area contributed by atoms with Crippen LogP contribution in [0.1, 0.15) is 12.8 Å². The SMILES string of the molecule is COc1nn(C)c(OC)c1-c1cc2cc(NC(=O)C3CC3)ncc2n1C. The predicted octanol–water partition coefficient (Wildman–Crippen LogP) is 2.34. The lowest BCUT2D eigenvalue weighted by molar-refractivity contribution is -0.117. The van der Waals surface area contributed by atoms with Crippen molar-refractivity contribution in [3.8, 4) is 23.0 Å². The Kier molecular flexibility index (Phi) is 3.82. The quantitative estimate of drug-likeness (QED) is 0.759. The molecular weight excluding hydrogens is 334 g/mol. The first-order valence-electron chi connectivity index (χ1n) is 8.45. The van der Waals surface area contributed by atoms with E-state index in [1.165, 1.54) is 0 Å². The Balaban J connectivity index is 1.79. The Morgan fingerprint density at radius 1 is 1.23 bits per heavy atom. The molecule has 0 unspecified atom stereocenters. The molecule has 1 amide bonds. The molecule has 1 aliphatic rings. The second-order valence-electron chi connectivity index (χ2n) is 6.50. The van der Waals surface area contributed by atoms with E-state index < -0.39 is 0 Å². The largest absolute Gasteiger partial charge is 0.481 e. The second kappa shape index (κ2) is 6.05. The number of methoxy groups -OCH3 is 2. The van der Waals surface area contributed by atoms with Gasteiger partial charge in [-0.1, -0.05) is 0 Å². The molecule has 0 aliphatic heterocycles. The van der Waals surface area contributed by atoms with Gasteiger partial charge in [0, 0.05) is 25.4 Å². The van der Waals surface area contributed by atoms with Crippen LogP contribution in [0.25, 0.3) is 22.2 Å². The number of amides is 1.